The Hall–Kier alpha value is -1.23. The van der Waals surface area contributed by atoms with Gasteiger partial charge in [0.25, 0.3) is 0 Å². The predicted octanol–water partition coefficient (Wildman–Crippen LogP) is 2.24. The number of rotatable bonds is 2. The number of benzene rings is 1. The minimum atomic E-state index is -0.373. The van der Waals surface area contributed by atoms with Gasteiger partial charge in [-0.1, -0.05) is 6.07 Å². The first-order valence-electron chi connectivity index (χ1n) is 4.47. The summed E-state index contributed by atoms with van der Waals surface area (Å²) in [6.45, 7) is 0.365. The first kappa shape index (κ1) is 10.3. The lowest BCUT2D eigenvalue weighted by Gasteiger charge is -2.10. The zero-order valence-corrected chi connectivity index (χ0v) is 9.71. The third-order valence-corrected chi connectivity index (χ3v) is 2.91. The number of hydrogen-bond donors (Lipinski definition) is 1. The largest absolute Gasteiger partial charge is 0.496 e. The molecule has 1 N–H and O–H groups in total. The molecule has 5 heteroatoms. The third-order valence-electron chi connectivity index (χ3n) is 2.25. The Balaban J connectivity index is 2.25. The van der Waals surface area contributed by atoms with Gasteiger partial charge in [0, 0.05) is 0 Å². The van der Waals surface area contributed by atoms with E-state index in [0.717, 1.165) is 15.8 Å². The summed E-state index contributed by atoms with van der Waals surface area (Å²) in [7, 11) is 1.60. The van der Waals surface area contributed by atoms with Gasteiger partial charge in [-0.05, 0) is 33.6 Å². The Morgan fingerprint density at radius 1 is 1.60 bits per heavy atom. The van der Waals surface area contributed by atoms with E-state index >= 15 is 0 Å². The molecular weight excluding hydrogens is 262 g/mol. The number of carbonyl (C=O) groups excluding carboxylic acids is 1. The van der Waals surface area contributed by atoms with Crippen LogP contribution in [0.4, 0.5) is 4.79 Å². The van der Waals surface area contributed by atoms with Crippen LogP contribution >= 0.6 is 15.9 Å². The Morgan fingerprint density at radius 2 is 2.40 bits per heavy atom. The molecule has 15 heavy (non-hydrogen) atoms. The predicted molar refractivity (Wildman–Crippen MR) is 57.9 cm³/mol. The highest BCUT2D eigenvalue weighted by Crippen LogP contribution is 2.29. The Bertz CT molecular complexity index is 394. The van der Waals surface area contributed by atoms with E-state index in [1.807, 2.05) is 18.2 Å². The quantitative estimate of drug-likeness (QED) is 0.898. The van der Waals surface area contributed by atoms with E-state index in [9.17, 15) is 4.79 Å². The lowest BCUT2D eigenvalue weighted by molar-refractivity contribution is 0.177. The third kappa shape index (κ3) is 2.07. The SMILES string of the molecule is COc1cc(C2COC(=O)N2)ccc1Br. The van der Waals surface area contributed by atoms with E-state index in [4.69, 9.17) is 9.47 Å². The molecule has 0 aromatic heterocycles. The van der Waals surface area contributed by atoms with Crippen molar-refractivity contribution in [3.8, 4) is 5.75 Å². The van der Waals surface area contributed by atoms with Crippen LogP contribution in [0.5, 0.6) is 5.75 Å². The maximum Gasteiger partial charge on any atom is 0.407 e. The zero-order chi connectivity index (χ0) is 10.8. The molecule has 1 aliphatic heterocycles. The molecule has 1 unspecified atom stereocenters. The van der Waals surface area contributed by atoms with Crippen LogP contribution < -0.4 is 10.1 Å². The normalized spacial score (nSPS) is 19.6. The van der Waals surface area contributed by atoms with Crippen molar-refractivity contribution in [2.45, 2.75) is 6.04 Å². The molecule has 80 valence electrons. The zero-order valence-electron chi connectivity index (χ0n) is 8.12. The maximum absolute atomic E-state index is 10.9. The number of amides is 1. The van der Waals surface area contributed by atoms with Gasteiger partial charge in [-0.15, -0.1) is 0 Å². The molecule has 0 bridgehead atoms. The van der Waals surface area contributed by atoms with Gasteiger partial charge in [0.15, 0.2) is 0 Å². The number of halogens is 1. The van der Waals surface area contributed by atoms with E-state index in [1.165, 1.54) is 0 Å². The van der Waals surface area contributed by atoms with E-state index < -0.39 is 0 Å². The maximum atomic E-state index is 10.9. The molecule has 0 aliphatic carbocycles. The molecule has 1 aromatic rings. The monoisotopic (exact) mass is 271 g/mol. The Morgan fingerprint density at radius 3 is 3.00 bits per heavy atom. The number of alkyl carbamates (subject to hydrolysis) is 1. The number of carbonyl (C=O) groups is 1. The number of cyclic esters (lactones) is 1. The number of ether oxygens (including phenoxy) is 2. The molecule has 1 saturated heterocycles. The van der Waals surface area contributed by atoms with Crippen molar-refractivity contribution in [1.29, 1.82) is 0 Å². The van der Waals surface area contributed by atoms with Crippen LogP contribution in [0.2, 0.25) is 0 Å². The standard InChI is InChI=1S/C10H10BrNO3/c1-14-9-4-6(2-3-7(9)11)8-5-15-10(13)12-8/h2-4,8H,5H2,1H3,(H,12,13). The molecule has 4 nitrogen and oxygen atoms in total. The summed E-state index contributed by atoms with van der Waals surface area (Å²) < 4.78 is 10.9. The summed E-state index contributed by atoms with van der Waals surface area (Å²) in [4.78, 5) is 10.9. The molecule has 1 amide bonds. The van der Waals surface area contributed by atoms with Gasteiger partial charge in [-0.25, -0.2) is 4.79 Å². The van der Waals surface area contributed by atoms with Gasteiger partial charge in [-0.3, -0.25) is 0 Å². The van der Waals surface area contributed by atoms with Crippen molar-refractivity contribution in [2.75, 3.05) is 13.7 Å². The molecule has 1 heterocycles. The van der Waals surface area contributed by atoms with Crippen LogP contribution in [-0.2, 0) is 4.74 Å². The summed E-state index contributed by atoms with van der Waals surface area (Å²) in [6.07, 6.45) is -0.373. The van der Waals surface area contributed by atoms with Crippen molar-refractivity contribution in [1.82, 2.24) is 5.32 Å². The van der Waals surface area contributed by atoms with Crippen LogP contribution in [0.3, 0.4) is 0 Å². The second kappa shape index (κ2) is 4.10. The summed E-state index contributed by atoms with van der Waals surface area (Å²) in [5, 5.41) is 2.71. The lowest BCUT2D eigenvalue weighted by Crippen LogP contribution is -2.18. The topological polar surface area (TPSA) is 47.6 Å². The van der Waals surface area contributed by atoms with Crippen LogP contribution in [0, 0.1) is 0 Å². The highest BCUT2D eigenvalue weighted by atomic mass is 79.9. The molecule has 2 rings (SSSR count). The molecule has 0 radical (unpaired) electrons. The summed E-state index contributed by atoms with van der Waals surface area (Å²) in [5.41, 5.74) is 0.973. The average molecular weight is 272 g/mol. The fourth-order valence-electron chi connectivity index (χ4n) is 1.46. The van der Waals surface area contributed by atoms with E-state index in [2.05, 4.69) is 21.2 Å². The number of nitrogens with one attached hydrogen (secondary N) is 1. The van der Waals surface area contributed by atoms with Crippen LogP contribution in [0.15, 0.2) is 22.7 Å². The molecule has 0 saturated carbocycles. The van der Waals surface area contributed by atoms with E-state index in [-0.39, 0.29) is 12.1 Å². The minimum Gasteiger partial charge on any atom is -0.496 e. The summed E-state index contributed by atoms with van der Waals surface area (Å²) >= 11 is 3.37. The van der Waals surface area contributed by atoms with Crippen molar-refractivity contribution < 1.29 is 14.3 Å². The van der Waals surface area contributed by atoms with Crippen molar-refractivity contribution in [3.05, 3.63) is 28.2 Å². The van der Waals surface area contributed by atoms with Crippen molar-refractivity contribution in [2.24, 2.45) is 0 Å². The second-order valence-electron chi connectivity index (χ2n) is 3.19. The molecular formula is C10H10BrNO3. The van der Waals surface area contributed by atoms with E-state index in [0.29, 0.717) is 6.61 Å². The highest BCUT2D eigenvalue weighted by molar-refractivity contribution is 9.10. The lowest BCUT2D eigenvalue weighted by atomic mass is 10.1. The van der Waals surface area contributed by atoms with Gasteiger partial charge < -0.3 is 14.8 Å². The minimum absolute atomic E-state index is 0.0838. The Labute approximate surface area is 95.7 Å². The van der Waals surface area contributed by atoms with Crippen LogP contribution in [-0.4, -0.2) is 19.8 Å². The van der Waals surface area contributed by atoms with Crippen molar-refractivity contribution >= 4 is 22.0 Å². The molecule has 0 spiro atoms. The molecule has 1 atom stereocenters. The van der Waals surface area contributed by atoms with Gasteiger partial charge in [-0.2, -0.15) is 0 Å². The Kier molecular flexibility index (Phi) is 2.81. The number of hydrogen-bond acceptors (Lipinski definition) is 3. The first-order chi connectivity index (χ1) is 7.20. The summed E-state index contributed by atoms with van der Waals surface area (Å²) in [5.74, 6) is 0.744. The molecule has 1 aromatic carbocycles. The van der Waals surface area contributed by atoms with Gasteiger partial charge in [0.1, 0.15) is 12.4 Å². The second-order valence-corrected chi connectivity index (χ2v) is 4.04. The smallest absolute Gasteiger partial charge is 0.407 e. The summed E-state index contributed by atoms with van der Waals surface area (Å²) in [6, 6.07) is 5.61. The molecule has 1 aliphatic rings. The average Bonchev–Trinajstić information content (AvgIpc) is 2.66. The van der Waals surface area contributed by atoms with Gasteiger partial charge in [0.05, 0.1) is 17.6 Å². The highest BCUT2D eigenvalue weighted by Gasteiger charge is 2.24. The van der Waals surface area contributed by atoms with E-state index in [1.54, 1.807) is 7.11 Å². The fraction of sp³-hybridized carbons (Fsp3) is 0.300. The first-order valence-corrected chi connectivity index (χ1v) is 5.26. The van der Waals surface area contributed by atoms with Crippen LogP contribution in [0.25, 0.3) is 0 Å². The fourth-order valence-corrected chi connectivity index (χ4v) is 1.87. The van der Waals surface area contributed by atoms with Crippen LogP contribution in [0.1, 0.15) is 11.6 Å². The van der Waals surface area contributed by atoms with Gasteiger partial charge >= 0.3 is 6.09 Å². The van der Waals surface area contributed by atoms with Crippen molar-refractivity contribution in [3.63, 3.8) is 0 Å². The molecule has 1 fully saturated rings. The number of methoxy groups -OCH3 is 1. The van der Waals surface area contributed by atoms with Gasteiger partial charge in [0.2, 0.25) is 0 Å².